The van der Waals surface area contributed by atoms with Gasteiger partial charge in [-0.15, -0.1) is 0 Å². The molecule has 1 aromatic heterocycles. The molecule has 0 unspecified atom stereocenters. The minimum Gasteiger partial charge on any atom is -0.310 e. The minimum absolute atomic E-state index is 0.671. The van der Waals surface area contributed by atoms with Crippen LogP contribution < -0.4 is 5.32 Å². The predicted molar refractivity (Wildman–Crippen MR) is 71.8 cm³/mol. The van der Waals surface area contributed by atoms with E-state index in [2.05, 4.69) is 26.6 Å². The highest BCUT2D eigenvalue weighted by molar-refractivity contribution is 7.99. The van der Waals surface area contributed by atoms with Crippen LogP contribution in [0, 0.1) is 0 Å². The third kappa shape index (κ3) is 2.85. The first kappa shape index (κ1) is 12.0. The van der Waals surface area contributed by atoms with Crippen molar-refractivity contribution in [2.24, 2.45) is 0 Å². The Morgan fingerprint density at radius 2 is 2.33 bits per heavy atom. The molecule has 0 amide bonds. The second-order valence-corrected chi connectivity index (χ2v) is 5.70. The molecule has 2 aromatic rings. The van der Waals surface area contributed by atoms with Crippen molar-refractivity contribution in [3.05, 3.63) is 35.1 Å². The van der Waals surface area contributed by atoms with Gasteiger partial charge in [-0.25, -0.2) is 4.98 Å². The van der Waals surface area contributed by atoms with Gasteiger partial charge in [0.2, 0.25) is 0 Å². The van der Waals surface area contributed by atoms with Crippen LogP contribution in [0.3, 0.4) is 0 Å². The quantitative estimate of drug-likeness (QED) is 0.884. The van der Waals surface area contributed by atoms with E-state index in [-0.39, 0.29) is 0 Å². The molecule has 94 valence electrons. The number of rotatable bonds is 5. The fourth-order valence-electron chi connectivity index (χ4n) is 1.69. The smallest absolute Gasteiger partial charge is 0.188 e. The Labute approximate surface area is 115 Å². The van der Waals surface area contributed by atoms with Crippen LogP contribution in [-0.2, 0) is 6.54 Å². The highest BCUT2D eigenvalue weighted by atomic mass is 35.5. The standard InChI is InChI=1S/C12H13ClN4S/c13-10-2-1-3-11(18-12-15-7-16-17-12)9(10)6-14-8-4-5-8/h1-3,7-8,14H,4-6H2,(H,15,16,17). The summed E-state index contributed by atoms with van der Waals surface area (Å²) < 4.78 is 0. The third-order valence-electron chi connectivity index (χ3n) is 2.82. The minimum atomic E-state index is 0.671. The van der Waals surface area contributed by atoms with Crippen molar-refractivity contribution in [1.82, 2.24) is 20.5 Å². The SMILES string of the molecule is Clc1cccc(Sc2ncn[nH]2)c1CNC1CC1. The van der Waals surface area contributed by atoms with E-state index in [0.29, 0.717) is 6.04 Å². The fraction of sp³-hybridized carbons (Fsp3) is 0.333. The molecular formula is C12H13ClN4S. The highest BCUT2D eigenvalue weighted by Gasteiger charge is 2.21. The summed E-state index contributed by atoms with van der Waals surface area (Å²) in [6.45, 7) is 0.806. The van der Waals surface area contributed by atoms with Crippen LogP contribution >= 0.6 is 23.4 Å². The Bertz CT molecular complexity index is 525. The Morgan fingerprint density at radius 1 is 1.44 bits per heavy atom. The van der Waals surface area contributed by atoms with E-state index >= 15 is 0 Å². The first-order valence-electron chi connectivity index (χ1n) is 5.87. The van der Waals surface area contributed by atoms with E-state index in [4.69, 9.17) is 11.6 Å². The first-order valence-corrected chi connectivity index (χ1v) is 7.06. The van der Waals surface area contributed by atoms with Crippen LogP contribution in [0.25, 0.3) is 0 Å². The van der Waals surface area contributed by atoms with Crippen molar-refractivity contribution in [3.8, 4) is 0 Å². The van der Waals surface area contributed by atoms with Gasteiger partial charge in [-0.05, 0) is 42.3 Å². The number of H-pyrrole nitrogens is 1. The molecule has 1 saturated carbocycles. The fourth-order valence-corrected chi connectivity index (χ4v) is 2.84. The zero-order valence-corrected chi connectivity index (χ0v) is 11.3. The van der Waals surface area contributed by atoms with Crippen molar-refractivity contribution in [2.45, 2.75) is 35.5 Å². The monoisotopic (exact) mass is 280 g/mol. The molecule has 0 saturated heterocycles. The maximum atomic E-state index is 6.27. The van der Waals surface area contributed by atoms with E-state index in [0.717, 1.165) is 27.2 Å². The Morgan fingerprint density at radius 3 is 3.06 bits per heavy atom. The van der Waals surface area contributed by atoms with Crippen LogP contribution in [0.15, 0.2) is 34.6 Å². The molecule has 3 rings (SSSR count). The Kier molecular flexibility index (Phi) is 3.54. The van der Waals surface area contributed by atoms with Crippen molar-refractivity contribution in [3.63, 3.8) is 0 Å². The van der Waals surface area contributed by atoms with Crippen molar-refractivity contribution >= 4 is 23.4 Å². The van der Waals surface area contributed by atoms with Gasteiger partial charge in [-0.2, -0.15) is 5.10 Å². The Balaban J connectivity index is 1.80. The number of aromatic nitrogens is 3. The van der Waals surface area contributed by atoms with Gasteiger partial charge in [0.1, 0.15) is 6.33 Å². The van der Waals surface area contributed by atoms with Gasteiger partial charge in [-0.1, -0.05) is 17.7 Å². The zero-order chi connectivity index (χ0) is 12.4. The summed E-state index contributed by atoms with van der Waals surface area (Å²) >= 11 is 7.83. The molecule has 2 N–H and O–H groups in total. The number of hydrogen-bond donors (Lipinski definition) is 2. The molecule has 4 nitrogen and oxygen atoms in total. The van der Waals surface area contributed by atoms with Crippen molar-refractivity contribution in [1.29, 1.82) is 0 Å². The second-order valence-electron chi connectivity index (χ2n) is 4.26. The molecule has 0 atom stereocenters. The number of benzene rings is 1. The largest absolute Gasteiger partial charge is 0.310 e. The van der Waals surface area contributed by atoms with Crippen LogP contribution in [0.2, 0.25) is 5.02 Å². The first-order chi connectivity index (χ1) is 8.83. The second kappa shape index (κ2) is 5.30. The normalized spacial score (nSPS) is 14.9. The van der Waals surface area contributed by atoms with Gasteiger partial charge >= 0.3 is 0 Å². The van der Waals surface area contributed by atoms with Gasteiger partial charge in [0, 0.05) is 22.5 Å². The van der Waals surface area contributed by atoms with Gasteiger partial charge in [0.15, 0.2) is 5.16 Å². The summed E-state index contributed by atoms with van der Waals surface area (Å²) in [5.74, 6) is 0. The molecule has 1 aliphatic rings. The highest BCUT2D eigenvalue weighted by Crippen LogP contribution is 2.32. The van der Waals surface area contributed by atoms with E-state index in [1.54, 1.807) is 11.8 Å². The number of halogens is 1. The van der Waals surface area contributed by atoms with Gasteiger partial charge in [-0.3, -0.25) is 5.10 Å². The summed E-state index contributed by atoms with van der Waals surface area (Å²) in [6.07, 6.45) is 4.05. The summed E-state index contributed by atoms with van der Waals surface area (Å²) in [6, 6.07) is 6.62. The molecule has 1 aliphatic carbocycles. The molecule has 1 heterocycles. The summed E-state index contributed by atoms with van der Waals surface area (Å²) in [4.78, 5) is 5.24. The lowest BCUT2D eigenvalue weighted by molar-refractivity contribution is 0.680. The van der Waals surface area contributed by atoms with E-state index in [1.807, 2.05) is 12.1 Å². The van der Waals surface area contributed by atoms with Gasteiger partial charge in [0.25, 0.3) is 0 Å². The molecule has 18 heavy (non-hydrogen) atoms. The average molecular weight is 281 g/mol. The number of nitrogens with zero attached hydrogens (tertiary/aromatic N) is 2. The van der Waals surface area contributed by atoms with E-state index in [1.165, 1.54) is 19.2 Å². The Hall–Kier alpha value is -1.04. The molecular weight excluding hydrogens is 268 g/mol. The lowest BCUT2D eigenvalue weighted by Gasteiger charge is -2.10. The van der Waals surface area contributed by atoms with Crippen LogP contribution in [0.4, 0.5) is 0 Å². The molecule has 0 spiro atoms. The zero-order valence-electron chi connectivity index (χ0n) is 9.69. The van der Waals surface area contributed by atoms with E-state index < -0.39 is 0 Å². The van der Waals surface area contributed by atoms with Crippen LogP contribution in [-0.4, -0.2) is 21.2 Å². The predicted octanol–water partition coefficient (Wildman–Crippen LogP) is 2.86. The molecule has 1 aromatic carbocycles. The van der Waals surface area contributed by atoms with E-state index in [9.17, 15) is 0 Å². The molecule has 0 bridgehead atoms. The number of nitrogens with one attached hydrogen (secondary N) is 2. The average Bonchev–Trinajstić information content (AvgIpc) is 3.05. The molecule has 6 heteroatoms. The molecule has 1 fully saturated rings. The summed E-state index contributed by atoms with van der Waals surface area (Å²) in [5.41, 5.74) is 1.13. The third-order valence-corrected chi connectivity index (χ3v) is 4.17. The molecule has 0 radical (unpaired) electrons. The van der Waals surface area contributed by atoms with Crippen LogP contribution in [0.5, 0.6) is 0 Å². The van der Waals surface area contributed by atoms with Gasteiger partial charge in [0.05, 0.1) is 0 Å². The molecule has 0 aliphatic heterocycles. The van der Waals surface area contributed by atoms with Crippen molar-refractivity contribution in [2.75, 3.05) is 0 Å². The number of aromatic amines is 1. The van der Waals surface area contributed by atoms with Crippen molar-refractivity contribution < 1.29 is 0 Å². The maximum absolute atomic E-state index is 6.27. The maximum Gasteiger partial charge on any atom is 0.188 e. The summed E-state index contributed by atoms with van der Waals surface area (Å²) in [7, 11) is 0. The topological polar surface area (TPSA) is 53.6 Å². The number of hydrogen-bond acceptors (Lipinski definition) is 4. The lowest BCUT2D eigenvalue weighted by Crippen LogP contribution is -2.16. The lowest BCUT2D eigenvalue weighted by atomic mass is 10.2. The summed E-state index contributed by atoms with van der Waals surface area (Å²) in [5, 5.41) is 11.8. The van der Waals surface area contributed by atoms with Gasteiger partial charge < -0.3 is 5.32 Å². The van der Waals surface area contributed by atoms with Crippen LogP contribution in [0.1, 0.15) is 18.4 Å².